The maximum absolute atomic E-state index is 13.1. The van der Waals surface area contributed by atoms with E-state index >= 15 is 0 Å². The number of hydrogen-bond acceptors (Lipinski definition) is 9. The van der Waals surface area contributed by atoms with E-state index in [1.54, 1.807) is 24.3 Å². The van der Waals surface area contributed by atoms with Gasteiger partial charge < -0.3 is 24.2 Å². The van der Waals surface area contributed by atoms with Gasteiger partial charge in [0.1, 0.15) is 30.0 Å². The quantitative estimate of drug-likeness (QED) is 0.283. The molecule has 2 saturated heterocycles. The summed E-state index contributed by atoms with van der Waals surface area (Å²) in [6, 6.07) is 4.80. The third-order valence-electron chi connectivity index (χ3n) is 7.04. The predicted octanol–water partition coefficient (Wildman–Crippen LogP) is 2.80. The van der Waals surface area contributed by atoms with Gasteiger partial charge in [-0.05, 0) is 77.2 Å². The van der Waals surface area contributed by atoms with Gasteiger partial charge in [-0.3, -0.25) is 14.5 Å². The Kier molecular flexibility index (Phi) is 12.0. The minimum atomic E-state index is -3.70. The summed E-state index contributed by atoms with van der Waals surface area (Å²) in [6.07, 6.45) is 3.16. The molecule has 236 valence electrons. The van der Waals surface area contributed by atoms with Crippen molar-refractivity contribution in [3.8, 4) is 5.75 Å². The number of amides is 1. The molecule has 0 aliphatic carbocycles. The van der Waals surface area contributed by atoms with Gasteiger partial charge in [-0.25, -0.2) is 17.9 Å². The Morgan fingerprint density at radius 2 is 1.81 bits per heavy atom. The number of rotatable bonds is 15. The minimum absolute atomic E-state index is 0.0218. The molecule has 0 radical (unpaired) electrons. The van der Waals surface area contributed by atoms with Gasteiger partial charge in [0.2, 0.25) is 10.0 Å². The lowest BCUT2D eigenvalue weighted by Crippen LogP contribution is -2.52. The zero-order chi connectivity index (χ0) is 30.9. The first-order valence-electron chi connectivity index (χ1n) is 14.6. The molecular weight excluding hydrogens is 566 g/mol. The van der Waals surface area contributed by atoms with Crippen LogP contribution in [-0.4, -0.2) is 104 Å². The highest BCUT2D eigenvalue weighted by Gasteiger charge is 2.39. The number of sulfonamides is 1. The van der Waals surface area contributed by atoms with Crippen LogP contribution in [0.2, 0.25) is 0 Å². The van der Waals surface area contributed by atoms with Gasteiger partial charge >= 0.3 is 18.0 Å². The van der Waals surface area contributed by atoms with Crippen molar-refractivity contribution in [1.82, 2.24) is 14.5 Å². The number of hydrogen-bond donors (Lipinski definition) is 2. The van der Waals surface area contributed by atoms with E-state index in [1.807, 2.05) is 27.7 Å². The number of piperidine rings is 1. The fraction of sp³-hybridized carbons (Fsp3) is 0.690. The highest BCUT2D eigenvalue weighted by atomic mass is 32.2. The molecule has 13 heteroatoms. The normalized spacial score (nSPS) is 19.7. The van der Waals surface area contributed by atoms with Gasteiger partial charge in [0.05, 0.1) is 18.8 Å². The summed E-state index contributed by atoms with van der Waals surface area (Å²) in [6.45, 7) is 9.40. The molecule has 2 heterocycles. The van der Waals surface area contributed by atoms with Crippen LogP contribution in [-0.2, 0) is 35.5 Å². The van der Waals surface area contributed by atoms with E-state index in [9.17, 15) is 27.9 Å². The first-order chi connectivity index (χ1) is 19.8. The summed E-state index contributed by atoms with van der Waals surface area (Å²) in [5.74, 6) is -1.24. The Morgan fingerprint density at radius 3 is 2.40 bits per heavy atom. The van der Waals surface area contributed by atoms with Crippen LogP contribution in [0.3, 0.4) is 0 Å². The first kappa shape index (κ1) is 33.6. The van der Waals surface area contributed by atoms with Crippen LogP contribution in [0.1, 0.15) is 65.4 Å². The Labute approximate surface area is 248 Å². The molecule has 1 aromatic rings. The second-order valence-corrected chi connectivity index (χ2v) is 13.8. The van der Waals surface area contributed by atoms with Crippen LogP contribution >= 0.6 is 0 Å². The molecule has 3 rings (SSSR count). The summed E-state index contributed by atoms with van der Waals surface area (Å²) >= 11 is 0. The molecule has 1 amide bonds. The largest absolute Gasteiger partial charge is 0.490 e. The molecule has 0 saturated carbocycles. The fourth-order valence-electron chi connectivity index (χ4n) is 4.89. The Bertz CT molecular complexity index is 1160. The van der Waals surface area contributed by atoms with Crippen molar-refractivity contribution in [3.05, 3.63) is 29.8 Å². The first-order valence-corrected chi connectivity index (χ1v) is 16.3. The van der Waals surface area contributed by atoms with E-state index in [-0.39, 0.29) is 37.8 Å². The third kappa shape index (κ3) is 10.7. The minimum Gasteiger partial charge on any atom is -0.490 e. The molecule has 2 aliphatic rings. The molecule has 0 aromatic heterocycles. The van der Waals surface area contributed by atoms with Gasteiger partial charge in [0.25, 0.3) is 0 Å². The SMILES string of the molecule is CCCCS(=O)(=O)NC(Cc1ccc(OCC2CN(CC(C(=O)OC(C)(C)C)N3CCCCC3)C(=O)O2)cc1)C(=O)O. The lowest BCUT2D eigenvalue weighted by atomic mass is 10.1. The Morgan fingerprint density at radius 1 is 1.14 bits per heavy atom. The topological polar surface area (TPSA) is 152 Å². The zero-order valence-electron chi connectivity index (χ0n) is 25.0. The standard InChI is InChI=1S/C29H45N3O9S/c1-5-6-16-42(37,38)30-24(26(33)34)17-21-10-12-22(13-11-21)39-20-23-18-32(28(36)40-23)19-25(27(35)41-29(2,3)4)31-14-8-7-9-15-31/h10-13,23-25,30H,5-9,14-20H2,1-4H3,(H,33,34). The van der Waals surface area contributed by atoms with Crippen LogP contribution in [0, 0.1) is 0 Å². The Balaban J connectivity index is 1.54. The maximum Gasteiger partial charge on any atom is 0.410 e. The summed E-state index contributed by atoms with van der Waals surface area (Å²) in [5.41, 5.74) is -0.0164. The predicted molar refractivity (Wildman–Crippen MR) is 156 cm³/mol. The number of aliphatic carboxylic acids is 1. The molecule has 2 aliphatic heterocycles. The zero-order valence-corrected chi connectivity index (χ0v) is 25.9. The Hall–Kier alpha value is -2.90. The summed E-state index contributed by atoms with van der Waals surface area (Å²) in [5, 5.41) is 9.51. The van der Waals surface area contributed by atoms with E-state index in [0.29, 0.717) is 24.2 Å². The van der Waals surface area contributed by atoms with Crippen molar-refractivity contribution in [3.63, 3.8) is 0 Å². The molecule has 12 nitrogen and oxygen atoms in total. The average molecular weight is 612 g/mol. The van der Waals surface area contributed by atoms with Crippen molar-refractivity contribution < 1.29 is 42.1 Å². The number of carboxylic acid groups (broad SMARTS) is 1. The second-order valence-electron chi connectivity index (χ2n) is 11.9. The summed E-state index contributed by atoms with van der Waals surface area (Å²) in [4.78, 5) is 41.0. The smallest absolute Gasteiger partial charge is 0.410 e. The molecular formula is C29H45N3O9S. The number of benzene rings is 1. The van der Waals surface area contributed by atoms with Gasteiger partial charge in [-0.2, -0.15) is 0 Å². The number of carbonyl (C=O) groups excluding carboxylic acids is 2. The van der Waals surface area contributed by atoms with Gasteiger partial charge in [-0.1, -0.05) is 31.9 Å². The van der Waals surface area contributed by atoms with Crippen molar-refractivity contribution in [2.24, 2.45) is 0 Å². The van der Waals surface area contributed by atoms with Crippen LogP contribution in [0.4, 0.5) is 4.79 Å². The van der Waals surface area contributed by atoms with Crippen molar-refractivity contribution >= 4 is 28.1 Å². The molecule has 42 heavy (non-hydrogen) atoms. The number of nitrogens with zero attached hydrogens (tertiary/aromatic N) is 2. The lowest BCUT2D eigenvalue weighted by molar-refractivity contribution is -0.162. The second kappa shape index (κ2) is 15.0. The molecule has 0 bridgehead atoms. The third-order valence-corrected chi connectivity index (χ3v) is 8.51. The van der Waals surface area contributed by atoms with E-state index in [2.05, 4.69) is 9.62 Å². The van der Waals surface area contributed by atoms with E-state index in [1.165, 1.54) is 4.90 Å². The number of carboxylic acids is 1. The number of esters is 1. The number of cyclic esters (lactones) is 1. The maximum atomic E-state index is 13.1. The van der Waals surface area contributed by atoms with Crippen molar-refractivity contribution in [1.29, 1.82) is 0 Å². The highest BCUT2D eigenvalue weighted by Crippen LogP contribution is 2.21. The van der Waals surface area contributed by atoms with Gasteiger partial charge in [-0.15, -0.1) is 0 Å². The highest BCUT2D eigenvalue weighted by molar-refractivity contribution is 7.89. The van der Waals surface area contributed by atoms with Gasteiger partial charge in [0.15, 0.2) is 6.10 Å². The number of carbonyl (C=O) groups is 3. The molecule has 0 spiro atoms. The van der Waals surface area contributed by atoms with Gasteiger partial charge in [0, 0.05) is 0 Å². The molecule has 2 N–H and O–H groups in total. The van der Waals surface area contributed by atoms with Crippen LogP contribution < -0.4 is 9.46 Å². The summed E-state index contributed by atoms with van der Waals surface area (Å²) in [7, 11) is -3.70. The van der Waals surface area contributed by atoms with E-state index < -0.39 is 45.9 Å². The van der Waals surface area contributed by atoms with E-state index in [4.69, 9.17) is 14.2 Å². The van der Waals surface area contributed by atoms with Crippen LogP contribution in [0.25, 0.3) is 0 Å². The number of nitrogens with one attached hydrogen (secondary N) is 1. The van der Waals surface area contributed by atoms with Crippen LogP contribution in [0.15, 0.2) is 24.3 Å². The number of ether oxygens (including phenoxy) is 3. The molecule has 3 unspecified atom stereocenters. The van der Waals surface area contributed by atoms with Crippen molar-refractivity contribution in [2.45, 2.75) is 90.0 Å². The van der Waals surface area contributed by atoms with E-state index in [0.717, 1.165) is 32.4 Å². The average Bonchev–Trinajstić information content (AvgIpc) is 3.28. The number of likely N-dealkylation sites (tertiary alicyclic amines) is 1. The molecule has 2 fully saturated rings. The molecule has 3 atom stereocenters. The fourth-order valence-corrected chi connectivity index (χ4v) is 6.30. The lowest BCUT2D eigenvalue weighted by Gasteiger charge is -2.36. The molecule has 1 aromatic carbocycles. The van der Waals surface area contributed by atoms with Crippen molar-refractivity contribution in [2.75, 3.05) is 38.5 Å². The number of unbranched alkanes of at least 4 members (excludes halogenated alkanes) is 1. The summed E-state index contributed by atoms with van der Waals surface area (Å²) < 4.78 is 43.6. The monoisotopic (exact) mass is 611 g/mol. The van der Waals surface area contributed by atoms with Crippen LogP contribution in [0.5, 0.6) is 5.75 Å².